The molecule has 110 valence electrons. The minimum absolute atomic E-state index is 0.0384. The van der Waals surface area contributed by atoms with E-state index in [0.717, 1.165) is 4.31 Å². The Bertz CT molecular complexity index is 637. The number of rotatable bonds is 3. The van der Waals surface area contributed by atoms with Crippen molar-refractivity contribution in [2.24, 2.45) is 5.73 Å². The molecule has 2 N–H and O–H groups in total. The summed E-state index contributed by atoms with van der Waals surface area (Å²) in [5.74, 6) is -0.735. The van der Waals surface area contributed by atoms with E-state index >= 15 is 0 Å². The van der Waals surface area contributed by atoms with E-state index in [1.54, 1.807) is 0 Å². The second kappa shape index (κ2) is 5.98. The molecule has 1 atom stereocenters. The molecule has 1 aliphatic rings. The van der Waals surface area contributed by atoms with Crippen LogP contribution in [0.1, 0.15) is 0 Å². The number of nitrogens with two attached hydrogens (primary N) is 1. The molecule has 0 bridgehead atoms. The van der Waals surface area contributed by atoms with Crippen molar-refractivity contribution in [1.82, 2.24) is 4.31 Å². The Kier molecular flexibility index (Phi) is 4.70. The molecule has 0 saturated carbocycles. The fraction of sp³-hybridized carbons (Fsp3) is 0.364. The summed E-state index contributed by atoms with van der Waals surface area (Å²) < 4.78 is 31.8. The monoisotopic (exact) mass is 382 g/mol. The molecule has 6 nitrogen and oxygen atoms in total. The van der Waals surface area contributed by atoms with Gasteiger partial charge in [-0.3, -0.25) is 4.79 Å². The third kappa shape index (κ3) is 2.99. The largest absolute Gasteiger partial charge is 0.378 e. The summed E-state index contributed by atoms with van der Waals surface area (Å²) in [5.41, 5.74) is 5.23. The zero-order valence-corrected chi connectivity index (χ0v) is 13.4. The first kappa shape index (κ1) is 15.7. The van der Waals surface area contributed by atoms with Crippen LogP contribution in [0.4, 0.5) is 0 Å². The van der Waals surface area contributed by atoms with Crippen molar-refractivity contribution in [3.05, 3.63) is 27.7 Å². The number of carbonyl (C=O) groups is 1. The molecule has 1 amide bonds. The molecule has 2 rings (SSSR count). The minimum Gasteiger partial charge on any atom is -0.378 e. The molecular weight excluding hydrogens is 372 g/mol. The summed E-state index contributed by atoms with van der Waals surface area (Å²) in [6.07, 6.45) is 0. The van der Waals surface area contributed by atoms with E-state index in [0.29, 0.717) is 9.50 Å². The van der Waals surface area contributed by atoms with Gasteiger partial charge < -0.3 is 10.5 Å². The average Bonchev–Trinajstić information content (AvgIpc) is 2.41. The Balaban J connectivity index is 2.42. The van der Waals surface area contributed by atoms with Crippen LogP contribution >= 0.6 is 27.5 Å². The second-order valence-electron chi connectivity index (χ2n) is 4.18. The zero-order chi connectivity index (χ0) is 14.9. The van der Waals surface area contributed by atoms with E-state index in [-0.39, 0.29) is 24.7 Å². The molecule has 1 heterocycles. The Morgan fingerprint density at radius 2 is 2.20 bits per heavy atom. The van der Waals surface area contributed by atoms with Crippen LogP contribution in [-0.2, 0) is 19.6 Å². The highest BCUT2D eigenvalue weighted by atomic mass is 79.9. The molecule has 0 aliphatic carbocycles. The smallest absolute Gasteiger partial charge is 0.244 e. The number of nitrogens with zero attached hydrogens (tertiary/aromatic N) is 1. The molecule has 20 heavy (non-hydrogen) atoms. The topological polar surface area (TPSA) is 89.7 Å². The first-order valence-corrected chi connectivity index (χ1v) is 8.29. The van der Waals surface area contributed by atoms with Crippen molar-refractivity contribution in [3.63, 3.8) is 0 Å². The van der Waals surface area contributed by atoms with Crippen molar-refractivity contribution in [2.75, 3.05) is 19.8 Å². The number of carbonyl (C=O) groups excluding carboxylic acids is 1. The van der Waals surface area contributed by atoms with Gasteiger partial charge in [-0.15, -0.1) is 0 Å². The number of amides is 1. The van der Waals surface area contributed by atoms with E-state index in [9.17, 15) is 13.2 Å². The van der Waals surface area contributed by atoms with Gasteiger partial charge in [0.1, 0.15) is 6.04 Å². The zero-order valence-electron chi connectivity index (χ0n) is 10.3. The number of benzene rings is 1. The highest BCUT2D eigenvalue weighted by Crippen LogP contribution is 2.28. The lowest BCUT2D eigenvalue weighted by atomic mass is 10.3. The maximum absolute atomic E-state index is 12.6. The van der Waals surface area contributed by atoms with Gasteiger partial charge in [0.05, 0.1) is 23.1 Å². The summed E-state index contributed by atoms with van der Waals surface area (Å²) in [5, 5.41) is 0.400. The predicted octanol–water partition coefficient (Wildman–Crippen LogP) is 0.977. The molecule has 0 radical (unpaired) electrons. The Morgan fingerprint density at radius 1 is 1.50 bits per heavy atom. The van der Waals surface area contributed by atoms with Crippen LogP contribution in [0.15, 0.2) is 27.6 Å². The molecule has 1 aromatic rings. The van der Waals surface area contributed by atoms with Gasteiger partial charge in [-0.05, 0) is 34.1 Å². The number of hydrogen-bond acceptors (Lipinski definition) is 4. The predicted molar refractivity (Wildman–Crippen MR) is 76.8 cm³/mol. The van der Waals surface area contributed by atoms with Crippen LogP contribution in [-0.4, -0.2) is 44.4 Å². The van der Waals surface area contributed by atoms with E-state index in [1.807, 2.05) is 0 Å². The van der Waals surface area contributed by atoms with Gasteiger partial charge in [0.25, 0.3) is 0 Å². The highest BCUT2D eigenvalue weighted by Gasteiger charge is 2.37. The van der Waals surface area contributed by atoms with Crippen molar-refractivity contribution in [2.45, 2.75) is 10.9 Å². The van der Waals surface area contributed by atoms with Gasteiger partial charge in [-0.2, -0.15) is 4.31 Å². The lowest BCUT2D eigenvalue weighted by Crippen LogP contribution is -2.54. The summed E-state index contributed by atoms with van der Waals surface area (Å²) in [6.45, 7) is 0.261. The first-order valence-electron chi connectivity index (χ1n) is 5.68. The second-order valence-corrected chi connectivity index (χ2v) is 7.34. The van der Waals surface area contributed by atoms with Gasteiger partial charge in [0.15, 0.2) is 0 Å². The van der Waals surface area contributed by atoms with Gasteiger partial charge in [-0.25, -0.2) is 8.42 Å². The fourth-order valence-electron chi connectivity index (χ4n) is 1.87. The van der Waals surface area contributed by atoms with E-state index in [4.69, 9.17) is 22.1 Å². The molecule has 9 heteroatoms. The summed E-state index contributed by atoms with van der Waals surface area (Å²) in [6, 6.07) is 3.25. The quantitative estimate of drug-likeness (QED) is 0.842. The average molecular weight is 384 g/mol. The van der Waals surface area contributed by atoms with Gasteiger partial charge in [-0.1, -0.05) is 11.6 Å². The van der Waals surface area contributed by atoms with Crippen LogP contribution in [0, 0.1) is 0 Å². The highest BCUT2D eigenvalue weighted by molar-refractivity contribution is 9.10. The molecule has 1 unspecified atom stereocenters. The number of hydrogen-bond donors (Lipinski definition) is 1. The number of primary amides is 1. The van der Waals surface area contributed by atoms with Crippen LogP contribution in [0.5, 0.6) is 0 Å². The normalized spacial score (nSPS) is 20.8. The van der Waals surface area contributed by atoms with E-state index in [1.165, 1.54) is 18.2 Å². The summed E-state index contributed by atoms with van der Waals surface area (Å²) in [4.78, 5) is 11.4. The Labute approximate surface area is 130 Å². The SMILES string of the molecule is NC(=O)C1COCCN1S(=O)(=O)c1ccc(Cl)c(Br)c1. The van der Waals surface area contributed by atoms with Gasteiger partial charge in [0, 0.05) is 11.0 Å². The lowest BCUT2D eigenvalue weighted by Gasteiger charge is -2.32. The van der Waals surface area contributed by atoms with Gasteiger partial charge in [0.2, 0.25) is 15.9 Å². The molecule has 1 aromatic carbocycles. The van der Waals surface area contributed by atoms with Crippen molar-refractivity contribution < 1.29 is 17.9 Å². The van der Waals surface area contributed by atoms with Crippen LogP contribution in [0.25, 0.3) is 0 Å². The molecule has 0 spiro atoms. The number of ether oxygens (including phenoxy) is 1. The third-order valence-corrected chi connectivity index (χ3v) is 6.02. The van der Waals surface area contributed by atoms with E-state index < -0.39 is 22.0 Å². The molecule has 1 saturated heterocycles. The lowest BCUT2D eigenvalue weighted by molar-refractivity contribution is -0.125. The first-order chi connectivity index (χ1) is 9.34. The fourth-order valence-corrected chi connectivity index (χ4v) is 4.11. The minimum atomic E-state index is -3.83. The maximum atomic E-state index is 12.6. The molecule has 1 aliphatic heterocycles. The van der Waals surface area contributed by atoms with Crippen LogP contribution in [0.2, 0.25) is 5.02 Å². The molecule has 0 aromatic heterocycles. The van der Waals surface area contributed by atoms with Crippen molar-refractivity contribution in [1.29, 1.82) is 0 Å². The van der Waals surface area contributed by atoms with Gasteiger partial charge >= 0.3 is 0 Å². The number of morpholine rings is 1. The Morgan fingerprint density at radius 3 is 2.80 bits per heavy atom. The van der Waals surface area contributed by atoms with Crippen LogP contribution < -0.4 is 5.73 Å². The van der Waals surface area contributed by atoms with Crippen molar-refractivity contribution >= 4 is 43.5 Å². The summed E-state index contributed by atoms with van der Waals surface area (Å²) >= 11 is 9.02. The molecular formula is C11H12BrClN2O4S. The van der Waals surface area contributed by atoms with Crippen molar-refractivity contribution in [3.8, 4) is 0 Å². The standard InChI is InChI=1S/C11H12BrClN2O4S/c12-8-5-7(1-2-9(8)13)20(17,18)15-3-4-19-6-10(15)11(14)16/h1-2,5,10H,3-4,6H2,(H2,14,16). The number of halogens is 2. The Hall–Kier alpha value is -0.670. The van der Waals surface area contributed by atoms with E-state index in [2.05, 4.69) is 15.9 Å². The summed E-state index contributed by atoms with van der Waals surface area (Å²) in [7, 11) is -3.83. The maximum Gasteiger partial charge on any atom is 0.244 e. The molecule has 1 fully saturated rings. The van der Waals surface area contributed by atoms with Crippen LogP contribution in [0.3, 0.4) is 0 Å². The number of sulfonamides is 1. The third-order valence-electron chi connectivity index (χ3n) is 2.91.